The Balaban J connectivity index is 1.55. The van der Waals surface area contributed by atoms with Gasteiger partial charge in [0.1, 0.15) is 11.0 Å². The Morgan fingerprint density at radius 2 is 1.63 bits per heavy atom. The van der Waals surface area contributed by atoms with E-state index in [4.69, 9.17) is 0 Å². The second-order valence-corrected chi connectivity index (χ2v) is 7.63. The third-order valence-electron chi connectivity index (χ3n) is 5.42. The van der Waals surface area contributed by atoms with E-state index in [0.717, 1.165) is 41.7 Å². The predicted octanol–water partition coefficient (Wildman–Crippen LogP) is 5.34. The Kier molecular flexibility index (Phi) is 6.96. The number of benzene rings is 1. The van der Waals surface area contributed by atoms with Gasteiger partial charge in [0.2, 0.25) is 0 Å². The molecule has 1 aromatic carbocycles. The van der Waals surface area contributed by atoms with Gasteiger partial charge in [-0.2, -0.15) is 30.4 Å². The summed E-state index contributed by atoms with van der Waals surface area (Å²) in [5.74, 6) is 0.498. The van der Waals surface area contributed by atoms with Crippen molar-refractivity contribution in [3.8, 4) is 0 Å². The van der Waals surface area contributed by atoms with Gasteiger partial charge in [-0.05, 0) is 45.2 Å². The van der Waals surface area contributed by atoms with Crippen LogP contribution >= 0.6 is 0 Å². The molecule has 0 aliphatic heterocycles. The number of hydrogen-bond acceptors (Lipinski definition) is 4. The fraction of sp³-hybridized carbons (Fsp3) is 0.619. The summed E-state index contributed by atoms with van der Waals surface area (Å²) in [5.41, 5.74) is 4.14. The van der Waals surface area contributed by atoms with E-state index in [-0.39, 0.29) is 0 Å². The normalized spacial score (nSPS) is 13.9. The molecule has 0 saturated heterocycles. The van der Waals surface area contributed by atoms with Crippen LogP contribution < -0.4 is 0 Å². The third-order valence-corrected chi connectivity index (χ3v) is 5.42. The van der Waals surface area contributed by atoms with E-state index in [1.807, 2.05) is 29.1 Å². The summed E-state index contributed by atoms with van der Waals surface area (Å²) in [7, 11) is 0. The highest BCUT2D eigenvalue weighted by Crippen LogP contribution is 2.29. The fourth-order valence-corrected chi connectivity index (χ4v) is 3.76. The van der Waals surface area contributed by atoms with Crippen molar-refractivity contribution in [3.05, 3.63) is 35.7 Å². The van der Waals surface area contributed by atoms with Crippen LogP contribution in [0.3, 0.4) is 0 Å². The number of unbranched alkanes of at least 4 members (excludes halogenated alkanes) is 3. The lowest BCUT2D eigenvalue weighted by Crippen LogP contribution is -2.10. The van der Waals surface area contributed by atoms with Crippen LogP contribution in [0.5, 0.6) is 0 Å². The Morgan fingerprint density at radius 3 is 2.26 bits per heavy atom. The lowest BCUT2D eigenvalue weighted by molar-refractivity contribution is 0.385. The number of aromatic nitrogens is 6. The van der Waals surface area contributed by atoms with Crippen molar-refractivity contribution in [1.82, 2.24) is 30.4 Å². The highest BCUT2D eigenvalue weighted by atomic mass is 15.5. The molecule has 0 amide bonds. The summed E-state index contributed by atoms with van der Waals surface area (Å²) in [6, 6.07) is 8.36. The summed E-state index contributed by atoms with van der Waals surface area (Å²) in [6.45, 7) is 6.52. The van der Waals surface area contributed by atoms with E-state index in [1.165, 1.54) is 32.1 Å². The minimum Gasteiger partial charge on any atom is -0.197 e. The predicted molar refractivity (Wildman–Crippen MR) is 109 cm³/mol. The van der Waals surface area contributed by atoms with Crippen molar-refractivity contribution in [1.29, 1.82) is 0 Å². The molecule has 0 bridgehead atoms. The van der Waals surface area contributed by atoms with Crippen molar-refractivity contribution >= 4 is 11.0 Å². The first-order chi connectivity index (χ1) is 13.2. The quantitative estimate of drug-likeness (QED) is 0.463. The number of H-pyrrole nitrogens is 1. The van der Waals surface area contributed by atoms with E-state index in [0.29, 0.717) is 12.0 Å². The number of rotatable bonds is 11. The van der Waals surface area contributed by atoms with Gasteiger partial charge in [0.15, 0.2) is 0 Å². The van der Waals surface area contributed by atoms with Gasteiger partial charge in [0.05, 0.1) is 17.4 Å². The molecule has 27 heavy (non-hydrogen) atoms. The average Bonchev–Trinajstić information content (AvgIpc) is 3.29. The molecule has 0 fully saturated rings. The number of hydrogen-bond donors (Lipinski definition) is 1. The standard InChI is InChI=1S/C21H32N6/c1-4-5-6-7-12-18(21-17(3)22-26-23-21)13-10-11-16(2)27-24-19-14-8-9-15-20(19)25-27/h8-9,14-16,18H,4-7,10-13H2,1-3H3,(H,22,23,26). The lowest BCUT2D eigenvalue weighted by atomic mass is 9.90. The SMILES string of the molecule is CCCCCCC(CCCC(C)n1nc2ccccc2n1)c1n[nH]nc1C. The Morgan fingerprint density at radius 1 is 0.926 bits per heavy atom. The van der Waals surface area contributed by atoms with E-state index in [2.05, 4.69) is 46.4 Å². The summed E-state index contributed by atoms with van der Waals surface area (Å²) in [4.78, 5) is 1.88. The molecule has 2 atom stereocenters. The van der Waals surface area contributed by atoms with Crippen LogP contribution in [0.4, 0.5) is 0 Å². The summed E-state index contributed by atoms with van der Waals surface area (Å²) >= 11 is 0. The molecule has 6 heteroatoms. The van der Waals surface area contributed by atoms with Crippen molar-refractivity contribution in [2.75, 3.05) is 0 Å². The summed E-state index contributed by atoms with van der Waals surface area (Å²) in [6.07, 6.45) is 9.73. The molecular formula is C21H32N6. The Labute approximate surface area is 161 Å². The second-order valence-electron chi connectivity index (χ2n) is 7.63. The molecule has 2 unspecified atom stereocenters. The van der Waals surface area contributed by atoms with E-state index < -0.39 is 0 Å². The van der Waals surface area contributed by atoms with Gasteiger partial charge >= 0.3 is 0 Å². The number of aromatic amines is 1. The summed E-state index contributed by atoms with van der Waals surface area (Å²) < 4.78 is 0. The van der Waals surface area contributed by atoms with Gasteiger partial charge < -0.3 is 0 Å². The van der Waals surface area contributed by atoms with Crippen LogP contribution in [0.15, 0.2) is 24.3 Å². The molecule has 0 aliphatic carbocycles. The van der Waals surface area contributed by atoms with E-state index >= 15 is 0 Å². The van der Waals surface area contributed by atoms with Crippen molar-refractivity contribution < 1.29 is 0 Å². The molecule has 2 heterocycles. The van der Waals surface area contributed by atoms with Gasteiger partial charge in [-0.3, -0.25) is 0 Å². The topological polar surface area (TPSA) is 72.3 Å². The first kappa shape index (κ1) is 19.5. The maximum atomic E-state index is 4.62. The summed E-state index contributed by atoms with van der Waals surface area (Å²) in [5, 5.41) is 20.7. The molecule has 3 aromatic rings. The smallest absolute Gasteiger partial charge is 0.113 e. The molecule has 0 saturated carbocycles. The van der Waals surface area contributed by atoms with Gasteiger partial charge in [-0.25, -0.2) is 0 Å². The van der Waals surface area contributed by atoms with Crippen LogP contribution in [0.1, 0.15) is 88.6 Å². The molecule has 3 rings (SSSR count). The molecule has 0 spiro atoms. The maximum Gasteiger partial charge on any atom is 0.113 e. The second kappa shape index (κ2) is 9.62. The van der Waals surface area contributed by atoms with E-state index in [1.54, 1.807) is 0 Å². The molecule has 2 aromatic heterocycles. The van der Waals surface area contributed by atoms with Crippen molar-refractivity contribution in [2.24, 2.45) is 0 Å². The highest BCUT2D eigenvalue weighted by Gasteiger charge is 2.18. The zero-order valence-corrected chi connectivity index (χ0v) is 16.9. The van der Waals surface area contributed by atoms with Gasteiger partial charge in [-0.15, -0.1) is 0 Å². The maximum absolute atomic E-state index is 4.62. The van der Waals surface area contributed by atoms with Crippen molar-refractivity contribution in [2.45, 2.75) is 84.1 Å². The molecule has 146 valence electrons. The van der Waals surface area contributed by atoms with Crippen LogP contribution in [-0.2, 0) is 0 Å². The molecular weight excluding hydrogens is 336 g/mol. The third kappa shape index (κ3) is 5.15. The number of nitrogens with zero attached hydrogens (tertiary/aromatic N) is 5. The van der Waals surface area contributed by atoms with E-state index in [9.17, 15) is 0 Å². The van der Waals surface area contributed by atoms with Gasteiger partial charge in [0.25, 0.3) is 0 Å². The lowest BCUT2D eigenvalue weighted by Gasteiger charge is -2.17. The van der Waals surface area contributed by atoms with Crippen LogP contribution in [0.25, 0.3) is 11.0 Å². The van der Waals surface area contributed by atoms with Crippen LogP contribution in [0, 0.1) is 6.92 Å². The molecule has 1 N–H and O–H groups in total. The number of nitrogens with one attached hydrogen (secondary N) is 1. The Bertz CT molecular complexity index is 788. The number of aryl methyl sites for hydroxylation is 1. The minimum atomic E-state index is 0.302. The molecule has 6 nitrogen and oxygen atoms in total. The van der Waals surface area contributed by atoms with Crippen molar-refractivity contribution in [3.63, 3.8) is 0 Å². The fourth-order valence-electron chi connectivity index (χ4n) is 3.76. The van der Waals surface area contributed by atoms with Crippen LogP contribution in [-0.4, -0.2) is 30.4 Å². The first-order valence-electron chi connectivity index (χ1n) is 10.4. The molecule has 0 radical (unpaired) electrons. The number of fused-ring (bicyclic) bond motifs is 1. The zero-order chi connectivity index (χ0) is 19.1. The average molecular weight is 369 g/mol. The Hall–Kier alpha value is -2.24. The monoisotopic (exact) mass is 368 g/mol. The largest absolute Gasteiger partial charge is 0.197 e. The first-order valence-corrected chi connectivity index (χ1v) is 10.4. The van der Waals surface area contributed by atoms with Gasteiger partial charge in [-0.1, -0.05) is 51.2 Å². The molecule has 0 aliphatic rings. The minimum absolute atomic E-state index is 0.302. The highest BCUT2D eigenvalue weighted by molar-refractivity contribution is 5.72. The zero-order valence-electron chi connectivity index (χ0n) is 16.9. The van der Waals surface area contributed by atoms with Crippen LogP contribution in [0.2, 0.25) is 0 Å². The van der Waals surface area contributed by atoms with Gasteiger partial charge in [0, 0.05) is 5.92 Å².